The zero-order valence-corrected chi connectivity index (χ0v) is 57.2. The highest BCUT2D eigenvalue weighted by Gasteiger charge is 2.32. The number of para-hydroxylation sites is 2. The van der Waals surface area contributed by atoms with Crippen molar-refractivity contribution in [3.05, 3.63) is 108 Å². The lowest BCUT2D eigenvalue weighted by Gasteiger charge is -2.29. The summed E-state index contributed by atoms with van der Waals surface area (Å²) in [5.41, 5.74) is 10.4. The first kappa shape index (κ1) is 75.4. The minimum Gasteiger partial charge on any atom is -0.379 e. The average molecular weight is 1330 g/mol. The summed E-state index contributed by atoms with van der Waals surface area (Å²) < 4.78 is 47.6. The standard InChI is InChI=1S/2C36H49N5O7/c1-26(2)32(42)15-17-45-19-21-47-23-24-48-22-20-46-18-16-37-33(43)13-14-34(44)40-25-28-9-5-6-10-29(28)36-35(38-39-41(36)27(3)4)30-11-7-8-12-31(30)40;1-26(2)32(42)15-17-45-19-21-47-23-24-48-22-20-46-18-16-37-33(43)13-14-34(44)40-25-28-9-5-6-10-29(28)35-36(41(27(3)4)39-38-35)30-11-7-8-12-31(30)40/h2*5-12,26-27H,13-25H2,1-4H3,(H,37,43). The van der Waals surface area contributed by atoms with E-state index in [2.05, 4.69) is 59.0 Å². The SMILES string of the molecule is CC(C)C(=O)CCOCCOCCOCCOCCNC(=O)CCC(=O)N1Cc2ccccc2-c2c(nnn2C(C)C)-c2ccccc21.CC(C)C(=O)CCOCCOCCOCCOCCNC(=O)CCC(=O)N1Cc2ccccc2-c2nnn(C(C)C)c2-c2ccccc21. The van der Waals surface area contributed by atoms with Gasteiger partial charge in [0.2, 0.25) is 23.6 Å². The number of nitrogens with one attached hydrogen (secondary N) is 2. The number of amides is 4. The number of benzene rings is 4. The van der Waals surface area contributed by atoms with Gasteiger partial charge >= 0.3 is 0 Å². The molecule has 4 aromatic carbocycles. The van der Waals surface area contributed by atoms with E-state index in [9.17, 15) is 28.8 Å². The van der Waals surface area contributed by atoms with Crippen molar-refractivity contribution < 1.29 is 66.7 Å². The first-order valence-electron chi connectivity index (χ1n) is 33.6. The topological polar surface area (TPSA) is 268 Å². The number of anilines is 2. The summed E-state index contributed by atoms with van der Waals surface area (Å²) in [6.07, 6.45) is 1.13. The number of Topliss-reactive ketones (excluding diaryl/α,β-unsaturated/α-hetero) is 2. The number of hydrogen-bond acceptors (Lipinski definition) is 18. The molecule has 24 nitrogen and oxygen atoms in total. The molecular formula is C72H98N10O14. The maximum atomic E-state index is 13.7. The maximum absolute atomic E-state index is 13.7. The number of rotatable bonds is 40. The third-order valence-electron chi connectivity index (χ3n) is 15.8. The van der Waals surface area contributed by atoms with E-state index >= 15 is 0 Å². The Morgan fingerprint density at radius 2 is 0.698 bits per heavy atom. The second-order valence-electron chi connectivity index (χ2n) is 24.3. The van der Waals surface area contributed by atoms with Crippen molar-refractivity contribution in [2.24, 2.45) is 11.8 Å². The van der Waals surface area contributed by atoms with Crippen LogP contribution in [0.4, 0.5) is 11.4 Å². The minimum absolute atomic E-state index is 0.0387. The summed E-state index contributed by atoms with van der Waals surface area (Å²) in [6.45, 7) is 23.9. The van der Waals surface area contributed by atoms with Crippen LogP contribution in [0, 0.1) is 11.8 Å². The van der Waals surface area contributed by atoms with Crippen molar-refractivity contribution in [2.75, 3.05) is 129 Å². The summed E-state index contributed by atoms with van der Waals surface area (Å²) in [4.78, 5) is 79.1. The fourth-order valence-corrected chi connectivity index (χ4v) is 10.6. The van der Waals surface area contributed by atoms with Gasteiger partial charge in [0.15, 0.2) is 0 Å². The van der Waals surface area contributed by atoms with Gasteiger partial charge in [-0.1, -0.05) is 123 Å². The van der Waals surface area contributed by atoms with Gasteiger partial charge < -0.3 is 58.3 Å². The molecule has 2 aliphatic heterocycles. The molecule has 2 aliphatic rings. The van der Waals surface area contributed by atoms with E-state index < -0.39 is 0 Å². The molecule has 0 radical (unpaired) electrons. The summed E-state index contributed by atoms with van der Waals surface area (Å²) in [6, 6.07) is 31.7. The van der Waals surface area contributed by atoms with Gasteiger partial charge in [0.25, 0.3) is 0 Å². The van der Waals surface area contributed by atoms with Gasteiger partial charge in [-0.25, -0.2) is 9.36 Å². The van der Waals surface area contributed by atoms with Gasteiger partial charge in [-0.05, 0) is 51.0 Å². The van der Waals surface area contributed by atoms with Crippen LogP contribution in [0.5, 0.6) is 0 Å². The third kappa shape index (κ3) is 23.1. The molecule has 4 heterocycles. The van der Waals surface area contributed by atoms with Crippen molar-refractivity contribution in [1.82, 2.24) is 40.6 Å². The van der Waals surface area contributed by atoms with E-state index in [-0.39, 0.29) is 84.8 Å². The minimum atomic E-state index is -0.209. The Hall–Kier alpha value is -7.94. The highest BCUT2D eigenvalue weighted by atomic mass is 16.6. The van der Waals surface area contributed by atoms with E-state index in [1.54, 1.807) is 9.80 Å². The molecule has 520 valence electrons. The predicted molar refractivity (Wildman–Crippen MR) is 365 cm³/mol. The van der Waals surface area contributed by atoms with Crippen LogP contribution in [0.2, 0.25) is 0 Å². The zero-order valence-electron chi connectivity index (χ0n) is 57.2. The number of hydrogen-bond donors (Lipinski definition) is 2. The molecule has 6 aromatic rings. The van der Waals surface area contributed by atoms with Gasteiger partial charge in [-0.3, -0.25) is 28.8 Å². The fraction of sp³-hybridized carbons (Fsp3) is 0.528. The molecule has 0 unspecified atom stereocenters. The number of fused-ring (bicyclic) bond motifs is 10. The summed E-state index contributed by atoms with van der Waals surface area (Å²) in [5.74, 6) is -0.217. The van der Waals surface area contributed by atoms with E-state index in [1.807, 2.05) is 134 Å². The molecule has 0 atom stereocenters. The Labute approximate surface area is 564 Å². The largest absolute Gasteiger partial charge is 0.379 e. The predicted octanol–water partition coefficient (Wildman–Crippen LogP) is 9.24. The highest BCUT2D eigenvalue weighted by Crippen LogP contribution is 2.44. The van der Waals surface area contributed by atoms with Gasteiger partial charge in [0.1, 0.15) is 23.0 Å². The van der Waals surface area contributed by atoms with Crippen LogP contribution in [0.3, 0.4) is 0 Å². The lowest BCUT2D eigenvalue weighted by Crippen LogP contribution is -2.34. The number of carbonyl (C=O) groups is 6. The number of ether oxygens (including phenoxy) is 8. The normalized spacial score (nSPS) is 12.3. The van der Waals surface area contributed by atoms with Crippen LogP contribution in [0.15, 0.2) is 97.1 Å². The molecular weight excluding hydrogens is 1230 g/mol. The molecule has 2 N–H and O–H groups in total. The number of aromatic nitrogens is 6. The van der Waals surface area contributed by atoms with Crippen molar-refractivity contribution in [3.8, 4) is 45.0 Å². The van der Waals surface area contributed by atoms with Crippen molar-refractivity contribution in [2.45, 2.75) is 119 Å². The third-order valence-corrected chi connectivity index (χ3v) is 15.8. The van der Waals surface area contributed by atoms with Gasteiger partial charge in [-0.2, -0.15) is 0 Å². The van der Waals surface area contributed by atoms with Crippen LogP contribution < -0.4 is 20.4 Å². The Bertz CT molecular complexity index is 3420. The molecule has 96 heavy (non-hydrogen) atoms. The van der Waals surface area contributed by atoms with Crippen LogP contribution in [0.1, 0.15) is 117 Å². The van der Waals surface area contributed by atoms with Crippen LogP contribution >= 0.6 is 0 Å². The van der Waals surface area contributed by atoms with Crippen molar-refractivity contribution in [3.63, 3.8) is 0 Å². The molecule has 8 rings (SSSR count). The highest BCUT2D eigenvalue weighted by molar-refractivity contribution is 6.02. The summed E-state index contributed by atoms with van der Waals surface area (Å²) in [7, 11) is 0. The van der Waals surface area contributed by atoms with Gasteiger partial charge in [0, 0.05) is 97.8 Å². The zero-order chi connectivity index (χ0) is 68.6. The van der Waals surface area contributed by atoms with E-state index in [0.717, 1.165) is 67.5 Å². The molecule has 24 heteroatoms. The molecule has 4 amide bonds. The van der Waals surface area contributed by atoms with Crippen LogP contribution in [-0.2, 0) is 79.8 Å². The molecule has 0 saturated carbocycles. The van der Waals surface area contributed by atoms with Gasteiger partial charge in [0.05, 0.1) is 142 Å². The number of nitrogens with zero attached hydrogens (tertiary/aromatic N) is 8. The molecule has 0 fully saturated rings. The monoisotopic (exact) mass is 1330 g/mol. The summed E-state index contributed by atoms with van der Waals surface area (Å²) >= 11 is 0. The second kappa shape index (κ2) is 40.6. The Morgan fingerprint density at radius 1 is 0.375 bits per heavy atom. The molecule has 0 bridgehead atoms. The lowest BCUT2D eigenvalue weighted by molar-refractivity contribution is -0.125. The van der Waals surface area contributed by atoms with E-state index in [1.165, 1.54) is 0 Å². The Kier molecular flexibility index (Phi) is 31.9. The van der Waals surface area contributed by atoms with Crippen LogP contribution in [0.25, 0.3) is 45.0 Å². The quantitative estimate of drug-likeness (QED) is 0.0339. The lowest BCUT2D eigenvalue weighted by atomic mass is 9.95. The Morgan fingerprint density at radius 3 is 1.11 bits per heavy atom. The van der Waals surface area contributed by atoms with Gasteiger partial charge in [-0.15, -0.1) is 10.2 Å². The second-order valence-corrected chi connectivity index (χ2v) is 24.3. The molecule has 0 saturated heterocycles. The number of ketones is 2. The number of carbonyl (C=O) groups excluding carboxylic acids is 6. The first-order valence-corrected chi connectivity index (χ1v) is 33.6. The van der Waals surface area contributed by atoms with Crippen LogP contribution in [-0.4, -0.2) is 184 Å². The van der Waals surface area contributed by atoms with E-state index in [0.29, 0.717) is 145 Å². The summed E-state index contributed by atoms with van der Waals surface area (Å²) in [5, 5.41) is 23.7. The average Bonchev–Trinajstić information content (AvgIpc) is 1.50. The molecule has 0 aliphatic carbocycles. The smallest absolute Gasteiger partial charge is 0.227 e. The van der Waals surface area contributed by atoms with Crippen molar-refractivity contribution in [1.29, 1.82) is 0 Å². The molecule has 0 spiro atoms. The van der Waals surface area contributed by atoms with E-state index in [4.69, 9.17) is 37.9 Å². The maximum Gasteiger partial charge on any atom is 0.227 e. The Balaban J connectivity index is 0.000000271. The van der Waals surface area contributed by atoms with Crippen molar-refractivity contribution >= 4 is 46.6 Å². The first-order chi connectivity index (χ1) is 46.5. The molecule has 2 aromatic heterocycles. The fourth-order valence-electron chi connectivity index (χ4n) is 10.6.